The fourth-order valence-corrected chi connectivity index (χ4v) is 8.29. The van der Waals surface area contributed by atoms with Crippen molar-refractivity contribution in [1.82, 2.24) is 20.6 Å². The Morgan fingerprint density at radius 1 is 1.07 bits per heavy atom. The minimum Gasteiger partial charge on any atom is -0.496 e. The first kappa shape index (κ1) is 41.1. The minimum absolute atomic E-state index is 0.0402. The summed E-state index contributed by atoms with van der Waals surface area (Å²) in [4.78, 5) is 38.3. The van der Waals surface area contributed by atoms with Crippen molar-refractivity contribution in [1.29, 1.82) is 0 Å². The Morgan fingerprint density at radius 3 is 2.43 bits per heavy atom. The average Bonchev–Trinajstić information content (AvgIpc) is 3.44. The molecule has 6 atom stereocenters. The lowest BCUT2D eigenvalue weighted by molar-refractivity contribution is -0.174. The van der Waals surface area contributed by atoms with Gasteiger partial charge in [0.2, 0.25) is 5.91 Å². The molecule has 2 amide bonds. The zero-order valence-electron chi connectivity index (χ0n) is 33.6. The molecule has 1 saturated heterocycles. The van der Waals surface area contributed by atoms with Crippen molar-refractivity contribution in [2.45, 2.75) is 84.2 Å². The second-order valence-corrected chi connectivity index (χ2v) is 16.7. The third kappa shape index (κ3) is 9.79. The average molecular weight is 745 g/mol. The number of halogens is 1. The van der Waals surface area contributed by atoms with Crippen LogP contribution in [0.2, 0.25) is 0 Å². The maximum Gasteiger partial charge on any atom is 0.251 e. The molecule has 1 heterocycles. The molecule has 2 fully saturated rings. The van der Waals surface area contributed by atoms with Crippen LogP contribution in [0.5, 0.6) is 5.75 Å². The van der Waals surface area contributed by atoms with Crippen LogP contribution >= 0.6 is 0 Å². The lowest BCUT2D eigenvalue weighted by atomic mass is 9.70. The third-order valence-corrected chi connectivity index (χ3v) is 11.2. The van der Waals surface area contributed by atoms with Crippen LogP contribution in [0.4, 0.5) is 10.1 Å². The highest BCUT2D eigenvalue weighted by Gasteiger charge is 2.46. The number of likely N-dealkylation sites (N-methyl/N-ethyl adjacent to an activating group) is 1. The molecule has 3 aromatic rings. The summed E-state index contributed by atoms with van der Waals surface area (Å²) in [5.74, 6) is -0.420. The monoisotopic (exact) mass is 744 g/mol. The van der Waals surface area contributed by atoms with Crippen LogP contribution in [-0.4, -0.2) is 94.4 Å². The topological polar surface area (TPSA) is 112 Å². The molecule has 10 nitrogen and oxygen atoms in total. The molecule has 3 aromatic carbocycles. The number of rotatable bonds is 14. The number of nitrogens with one attached hydrogen (secondary N) is 2. The van der Waals surface area contributed by atoms with E-state index in [-0.39, 0.29) is 53.9 Å². The van der Waals surface area contributed by atoms with Crippen LogP contribution in [0, 0.1) is 23.1 Å². The molecule has 1 aliphatic heterocycles. The molecular weight excluding hydrogens is 684 g/mol. The Labute approximate surface area is 321 Å². The quantitative estimate of drug-likeness (QED) is 0.188. The van der Waals surface area contributed by atoms with E-state index >= 15 is 4.39 Å². The first-order valence-corrected chi connectivity index (χ1v) is 19.2. The summed E-state index contributed by atoms with van der Waals surface area (Å²) in [5.41, 5.74) is 10.3. The van der Waals surface area contributed by atoms with Gasteiger partial charge >= 0.3 is 0 Å². The van der Waals surface area contributed by atoms with Gasteiger partial charge in [-0.05, 0) is 92.6 Å². The van der Waals surface area contributed by atoms with Crippen molar-refractivity contribution in [3.63, 3.8) is 0 Å². The molecule has 5 rings (SSSR count). The summed E-state index contributed by atoms with van der Waals surface area (Å²) in [6.07, 6.45) is 3.24. The van der Waals surface area contributed by atoms with Gasteiger partial charge in [0, 0.05) is 67.6 Å². The fraction of sp³-hybridized carbons (Fsp3) is 0.535. The molecule has 0 spiro atoms. The van der Waals surface area contributed by atoms with Crippen LogP contribution in [0.25, 0.3) is 11.1 Å². The molecule has 4 N–H and O–H groups in total. The minimum atomic E-state index is -0.674. The maximum absolute atomic E-state index is 16.0. The highest BCUT2D eigenvalue weighted by Crippen LogP contribution is 2.41. The third-order valence-electron chi connectivity index (χ3n) is 11.2. The number of carbonyl (C=O) groups is 2. The summed E-state index contributed by atoms with van der Waals surface area (Å²) < 4.78 is 21.9. The van der Waals surface area contributed by atoms with Crippen molar-refractivity contribution in [2.75, 3.05) is 53.3 Å². The van der Waals surface area contributed by atoms with E-state index in [0.29, 0.717) is 41.3 Å². The molecule has 54 heavy (non-hydrogen) atoms. The molecule has 5 unspecified atom stereocenters. The zero-order chi connectivity index (χ0) is 39.3. The van der Waals surface area contributed by atoms with Crippen LogP contribution in [0.15, 0.2) is 60.7 Å². The summed E-state index contributed by atoms with van der Waals surface area (Å²) in [6.45, 7) is 9.55. The summed E-state index contributed by atoms with van der Waals surface area (Å²) in [7, 11) is 9.32. The van der Waals surface area contributed by atoms with Crippen molar-refractivity contribution < 1.29 is 23.6 Å². The van der Waals surface area contributed by atoms with Crippen LogP contribution in [-0.2, 0) is 22.6 Å². The lowest BCUT2D eigenvalue weighted by Gasteiger charge is -2.40. The van der Waals surface area contributed by atoms with Gasteiger partial charge in [-0.15, -0.1) is 0 Å². The Balaban J connectivity index is 1.45. The molecular formula is C43H61FN6O4. The maximum atomic E-state index is 16.0. The number of amides is 2. The van der Waals surface area contributed by atoms with Gasteiger partial charge in [-0.2, -0.15) is 5.06 Å². The highest BCUT2D eigenvalue weighted by atomic mass is 19.1. The van der Waals surface area contributed by atoms with E-state index < -0.39 is 18.0 Å². The van der Waals surface area contributed by atoms with Gasteiger partial charge in [-0.25, -0.2) is 4.39 Å². The van der Waals surface area contributed by atoms with Crippen LogP contribution < -0.4 is 26.0 Å². The smallest absolute Gasteiger partial charge is 0.251 e. The number of hydrogen-bond acceptors (Lipinski definition) is 8. The number of hydrogen-bond donors (Lipinski definition) is 3. The molecule has 11 heteroatoms. The van der Waals surface area contributed by atoms with Crippen molar-refractivity contribution in [3.05, 3.63) is 83.2 Å². The van der Waals surface area contributed by atoms with Crippen LogP contribution in [0.1, 0.15) is 68.4 Å². The van der Waals surface area contributed by atoms with E-state index in [1.54, 1.807) is 11.1 Å². The molecule has 2 aliphatic rings. The van der Waals surface area contributed by atoms with Gasteiger partial charge in [0.05, 0.1) is 19.8 Å². The first-order chi connectivity index (χ1) is 25.6. The molecule has 1 saturated carbocycles. The predicted octanol–water partition coefficient (Wildman–Crippen LogP) is 5.88. The summed E-state index contributed by atoms with van der Waals surface area (Å²) in [6, 6.07) is 18.1. The Morgan fingerprint density at radius 2 is 1.80 bits per heavy atom. The molecule has 0 bridgehead atoms. The van der Waals surface area contributed by atoms with E-state index in [1.165, 1.54) is 13.2 Å². The number of nitrogens with two attached hydrogens (primary N) is 1. The van der Waals surface area contributed by atoms with Crippen molar-refractivity contribution in [3.8, 4) is 16.9 Å². The van der Waals surface area contributed by atoms with Crippen molar-refractivity contribution in [2.24, 2.45) is 23.0 Å². The van der Waals surface area contributed by atoms with Gasteiger partial charge in [0.1, 0.15) is 17.6 Å². The van der Waals surface area contributed by atoms with E-state index in [0.717, 1.165) is 30.5 Å². The first-order valence-electron chi connectivity index (χ1n) is 19.2. The predicted molar refractivity (Wildman–Crippen MR) is 214 cm³/mol. The van der Waals surface area contributed by atoms with E-state index in [4.69, 9.17) is 15.3 Å². The number of hydroxylamine groups is 2. The van der Waals surface area contributed by atoms with Gasteiger partial charge in [-0.3, -0.25) is 14.4 Å². The largest absolute Gasteiger partial charge is 0.496 e. The molecule has 294 valence electrons. The lowest BCUT2D eigenvalue weighted by Crippen LogP contribution is -2.52. The highest BCUT2D eigenvalue weighted by molar-refractivity contribution is 5.97. The standard InChI is InChI=1S/C43H61FN6O4/c1-27-23-43(3,4)18-17-37(27)47-42(52)39-28(2)38(24-45)54-50(39)26-35-36(44)16-15-34(40(35)53-9)30-20-31(22-33(21-30)49(7)8)41(51)46-32(25-48(5)6)19-29-13-11-10-12-14-29/h10-16,20-22,27-28,32,37-39H,17-19,23-26,45H2,1-9H3,(H,46,51)(H,47,52)/t27?,28?,32?,37-,38?,39?/m0/s1. The van der Waals surface area contributed by atoms with Crippen LogP contribution in [0.3, 0.4) is 0 Å². The van der Waals surface area contributed by atoms with Gasteiger partial charge < -0.3 is 30.9 Å². The number of ether oxygens (including phenoxy) is 1. The number of anilines is 1. The SMILES string of the molecule is COc1c(-c2cc(C(=O)NC(Cc3ccccc3)CN(C)C)cc(N(C)C)c2)ccc(F)c1CN1OC(CN)C(C)C1C(=O)N[C@H]1CCC(C)(C)CC1C. The number of carbonyl (C=O) groups excluding carboxylic acids is 2. The fourth-order valence-electron chi connectivity index (χ4n) is 8.29. The van der Waals surface area contributed by atoms with E-state index in [1.807, 2.05) is 76.4 Å². The zero-order valence-corrected chi connectivity index (χ0v) is 33.6. The normalized spacial score (nSPS) is 23.2. The second kappa shape index (κ2) is 17.6. The Bertz CT molecular complexity index is 1750. The molecule has 0 aromatic heterocycles. The Kier molecular flexibility index (Phi) is 13.4. The molecule has 1 aliphatic carbocycles. The molecule has 0 radical (unpaired) electrons. The van der Waals surface area contributed by atoms with Gasteiger partial charge in [-0.1, -0.05) is 58.0 Å². The van der Waals surface area contributed by atoms with Crippen molar-refractivity contribution >= 4 is 17.5 Å². The number of benzene rings is 3. The van der Waals surface area contributed by atoms with Gasteiger partial charge in [0.15, 0.2) is 0 Å². The second-order valence-electron chi connectivity index (χ2n) is 16.7. The Hall–Kier alpha value is -4.03. The number of nitrogens with zero attached hydrogens (tertiary/aromatic N) is 3. The van der Waals surface area contributed by atoms with Gasteiger partial charge in [0.25, 0.3) is 5.91 Å². The number of methoxy groups -OCH3 is 1. The van der Waals surface area contributed by atoms with E-state index in [9.17, 15) is 9.59 Å². The summed E-state index contributed by atoms with van der Waals surface area (Å²) in [5, 5.41) is 8.15. The van der Waals surface area contributed by atoms with E-state index in [2.05, 4.69) is 48.4 Å². The summed E-state index contributed by atoms with van der Waals surface area (Å²) >= 11 is 0.